The molecule has 0 unspecified atom stereocenters. The first kappa shape index (κ1) is 21.4. The molecule has 1 N–H and O–H groups in total. The highest BCUT2D eigenvalue weighted by Crippen LogP contribution is 2.36. The number of fused-ring (bicyclic) bond motifs is 1. The van der Waals surface area contributed by atoms with Gasteiger partial charge in [0.05, 0.1) is 10.2 Å². The van der Waals surface area contributed by atoms with Crippen molar-refractivity contribution in [3.05, 3.63) is 114 Å². The number of amides is 1. The SMILES string of the molecule is Cc1ccc2nc(-c3ccc(NC(=O)[C@H](Sc4ccccc4)c4ccccc4)cc3)sc2c1. The van der Waals surface area contributed by atoms with Crippen LogP contribution in [0, 0.1) is 6.92 Å². The minimum absolute atomic E-state index is 0.0433. The summed E-state index contributed by atoms with van der Waals surface area (Å²) >= 11 is 3.24. The van der Waals surface area contributed by atoms with E-state index < -0.39 is 0 Å². The number of nitrogens with zero attached hydrogens (tertiary/aromatic N) is 1. The Morgan fingerprint density at radius 2 is 1.58 bits per heavy atom. The molecule has 0 aliphatic carbocycles. The number of rotatable bonds is 6. The third-order valence-electron chi connectivity index (χ3n) is 5.28. The van der Waals surface area contributed by atoms with Gasteiger partial charge in [0.25, 0.3) is 0 Å². The fourth-order valence-electron chi connectivity index (χ4n) is 3.60. The lowest BCUT2D eigenvalue weighted by Crippen LogP contribution is -2.19. The molecule has 0 aliphatic heterocycles. The molecule has 1 heterocycles. The highest BCUT2D eigenvalue weighted by atomic mass is 32.2. The molecule has 5 rings (SSSR count). The number of aromatic nitrogens is 1. The lowest BCUT2D eigenvalue weighted by Gasteiger charge is -2.17. The third kappa shape index (κ3) is 5.00. The van der Waals surface area contributed by atoms with Crippen LogP contribution < -0.4 is 5.32 Å². The van der Waals surface area contributed by atoms with E-state index in [0.717, 1.165) is 32.2 Å². The monoisotopic (exact) mass is 466 g/mol. The van der Waals surface area contributed by atoms with Gasteiger partial charge in [-0.25, -0.2) is 4.98 Å². The van der Waals surface area contributed by atoms with Gasteiger partial charge in [0.1, 0.15) is 10.3 Å². The summed E-state index contributed by atoms with van der Waals surface area (Å²) in [5.41, 5.74) is 5.05. The maximum Gasteiger partial charge on any atom is 0.242 e. The fraction of sp³-hybridized carbons (Fsp3) is 0.0714. The van der Waals surface area contributed by atoms with Crippen LogP contribution in [0.25, 0.3) is 20.8 Å². The summed E-state index contributed by atoms with van der Waals surface area (Å²) in [4.78, 5) is 19.1. The van der Waals surface area contributed by atoms with E-state index in [4.69, 9.17) is 4.98 Å². The van der Waals surface area contributed by atoms with Gasteiger partial charge in [-0.1, -0.05) is 54.6 Å². The van der Waals surface area contributed by atoms with E-state index in [2.05, 4.69) is 30.4 Å². The Balaban J connectivity index is 1.35. The van der Waals surface area contributed by atoms with E-state index in [9.17, 15) is 4.79 Å². The highest BCUT2D eigenvalue weighted by molar-refractivity contribution is 8.00. The Labute approximate surface area is 201 Å². The first-order valence-electron chi connectivity index (χ1n) is 10.7. The maximum absolute atomic E-state index is 13.3. The second kappa shape index (κ2) is 9.61. The van der Waals surface area contributed by atoms with Crippen LogP contribution in [-0.2, 0) is 4.79 Å². The van der Waals surface area contributed by atoms with Crippen LogP contribution in [0.5, 0.6) is 0 Å². The van der Waals surface area contributed by atoms with Crippen LogP contribution in [0.1, 0.15) is 16.4 Å². The van der Waals surface area contributed by atoms with E-state index in [-0.39, 0.29) is 11.2 Å². The molecule has 1 amide bonds. The van der Waals surface area contributed by atoms with Crippen molar-refractivity contribution < 1.29 is 4.79 Å². The third-order valence-corrected chi connectivity index (χ3v) is 7.61. The number of benzene rings is 4. The van der Waals surface area contributed by atoms with Crippen molar-refractivity contribution >= 4 is 44.9 Å². The number of thioether (sulfide) groups is 1. The molecule has 5 heteroatoms. The minimum atomic E-state index is -0.347. The van der Waals surface area contributed by atoms with Gasteiger partial charge < -0.3 is 5.32 Å². The Hall–Kier alpha value is -3.41. The van der Waals surface area contributed by atoms with Crippen LogP contribution in [0.15, 0.2) is 108 Å². The molecule has 0 saturated carbocycles. The summed E-state index contributed by atoms with van der Waals surface area (Å²) in [7, 11) is 0. The van der Waals surface area contributed by atoms with Gasteiger partial charge in [0.15, 0.2) is 0 Å². The molecule has 0 radical (unpaired) electrons. The Bertz CT molecular complexity index is 1380. The molecule has 0 bridgehead atoms. The second-order valence-electron chi connectivity index (χ2n) is 7.78. The van der Waals surface area contributed by atoms with Gasteiger partial charge in [-0.2, -0.15) is 0 Å². The van der Waals surface area contributed by atoms with Crippen molar-refractivity contribution in [3.63, 3.8) is 0 Å². The second-order valence-corrected chi connectivity index (χ2v) is 9.99. The molecule has 0 aliphatic rings. The number of carbonyl (C=O) groups excluding carboxylic acids is 1. The van der Waals surface area contributed by atoms with Crippen molar-refractivity contribution in [2.45, 2.75) is 17.1 Å². The number of hydrogen-bond donors (Lipinski definition) is 1. The smallest absolute Gasteiger partial charge is 0.242 e. The molecule has 33 heavy (non-hydrogen) atoms. The standard InChI is InChI=1S/C28H22N2OS2/c1-19-12-17-24-25(18-19)33-28(30-24)21-13-15-22(16-14-21)29-27(31)26(20-8-4-2-5-9-20)32-23-10-6-3-7-11-23/h2-18,26H,1H3,(H,29,31)/t26-/m1/s1. The zero-order valence-electron chi connectivity index (χ0n) is 18.1. The molecule has 0 spiro atoms. The van der Waals surface area contributed by atoms with E-state index >= 15 is 0 Å². The lowest BCUT2D eigenvalue weighted by atomic mass is 10.1. The summed E-state index contributed by atoms with van der Waals surface area (Å²) < 4.78 is 1.19. The Morgan fingerprint density at radius 3 is 2.30 bits per heavy atom. The number of anilines is 1. The van der Waals surface area contributed by atoms with Gasteiger partial charge in [-0.15, -0.1) is 23.1 Å². The highest BCUT2D eigenvalue weighted by Gasteiger charge is 2.22. The number of carbonyl (C=O) groups is 1. The van der Waals surface area contributed by atoms with Crippen LogP contribution >= 0.6 is 23.1 Å². The van der Waals surface area contributed by atoms with Crippen molar-refractivity contribution in [1.82, 2.24) is 4.98 Å². The molecule has 5 aromatic rings. The molecular weight excluding hydrogens is 444 g/mol. The summed E-state index contributed by atoms with van der Waals surface area (Å²) in [5, 5.41) is 3.73. The van der Waals surface area contributed by atoms with Crippen molar-refractivity contribution in [2.24, 2.45) is 0 Å². The molecule has 4 aromatic carbocycles. The normalized spacial score (nSPS) is 11.9. The quantitative estimate of drug-likeness (QED) is 0.260. The summed E-state index contributed by atoms with van der Waals surface area (Å²) in [6.45, 7) is 2.09. The first-order valence-corrected chi connectivity index (χ1v) is 12.4. The topological polar surface area (TPSA) is 42.0 Å². The number of thiazole rings is 1. The van der Waals surface area contributed by atoms with Crippen molar-refractivity contribution in [3.8, 4) is 10.6 Å². The van der Waals surface area contributed by atoms with E-state index in [0.29, 0.717) is 0 Å². The van der Waals surface area contributed by atoms with Gasteiger partial charge >= 0.3 is 0 Å². The molecule has 1 aromatic heterocycles. The maximum atomic E-state index is 13.3. The summed E-state index contributed by atoms with van der Waals surface area (Å²) in [5.74, 6) is -0.0433. The van der Waals surface area contributed by atoms with Gasteiger partial charge in [-0.05, 0) is 66.6 Å². The van der Waals surface area contributed by atoms with Crippen LogP contribution in [0.2, 0.25) is 0 Å². The molecular formula is C28H22N2OS2. The van der Waals surface area contributed by atoms with Gasteiger partial charge in [0.2, 0.25) is 5.91 Å². The first-order chi connectivity index (χ1) is 16.2. The molecule has 1 atom stereocenters. The predicted molar refractivity (Wildman–Crippen MR) is 140 cm³/mol. The molecule has 0 fully saturated rings. The molecule has 3 nitrogen and oxygen atoms in total. The van der Waals surface area contributed by atoms with Crippen molar-refractivity contribution in [2.75, 3.05) is 5.32 Å². The van der Waals surface area contributed by atoms with Crippen LogP contribution in [0.3, 0.4) is 0 Å². The number of hydrogen-bond acceptors (Lipinski definition) is 4. The van der Waals surface area contributed by atoms with E-state index in [1.807, 2.05) is 84.9 Å². The van der Waals surface area contributed by atoms with E-state index in [1.54, 1.807) is 23.1 Å². The van der Waals surface area contributed by atoms with E-state index in [1.165, 1.54) is 10.3 Å². The lowest BCUT2D eigenvalue weighted by molar-refractivity contribution is -0.115. The molecule has 162 valence electrons. The largest absolute Gasteiger partial charge is 0.325 e. The van der Waals surface area contributed by atoms with Crippen LogP contribution in [-0.4, -0.2) is 10.9 Å². The number of nitrogens with one attached hydrogen (secondary N) is 1. The van der Waals surface area contributed by atoms with Gasteiger partial charge in [-0.3, -0.25) is 4.79 Å². The number of aryl methyl sites for hydroxylation is 1. The van der Waals surface area contributed by atoms with Crippen molar-refractivity contribution in [1.29, 1.82) is 0 Å². The zero-order valence-corrected chi connectivity index (χ0v) is 19.7. The zero-order chi connectivity index (χ0) is 22.6. The predicted octanol–water partition coefficient (Wildman–Crippen LogP) is 7.74. The Morgan fingerprint density at radius 1 is 0.879 bits per heavy atom. The minimum Gasteiger partial charge on any atom is -0.325 e. The van der Waals surface area contributed by atoms with Crippen LogP contribution in [0.4, 0.5) is 5.69 Å². The Kier molecular flexibility index (Phi) is 6.24. The van der Waals surface area contributed by atoms with Gasteiger partial charge in [0, 0.05) is 16.1 Å². The average molecular weight is 467 g/mol. The fourth-order valence-corrected chi connectivity index (χ4v) is 5.71. The molecule has 0 saturated heterocycles. The summed E-state index contributed by atoms with van der Waals surface area (Å²) in [6.07, 6.45) is 0. The average Bonchev–Trinajstić information content (AvgIpc) is 3.27. The summed E-state index contributed by atoms with van der Waals surface area (Å²) in [6, 6.07) is 34.2.